The number of rotatable bonds is 2. The van der Waals surface area contributed by atoms with E-state index in [9.17, 15) is 15.3 Å². The lowest BCUT2D eigenvalue weighted by Crippen LogP contribution is -2.57. The highest BCUT2D eigenvalue weighted by atomic mass is 16.5. The second-order valence-corrected chi connectivity index (χ2v) is 5.90. The number of hydrogen-bond acceptors (Lipinski definition) is 4. The van der Waals surface area contributed by atoms with Crippen molar-refractivity contribution in [1.29, 1.82) is 0 Å². The molecule has 1 rings (SSSR count). The maximum Gasteiger partial charge on any atom is 0.112 e. The molecule has 0 aromatic carbocycles. The van der Waals surface area contributed by atoms with E-state index >= 15 is 0 Å². The van der Waals surface area contributed by atoms with E-state index in [0.717, 1.165) is 0 Å². The van der Waals surface area contributed by atoms with Crippen LogP contribution >= 0.6 is 0 Å². The topological polar surface area (TPSA) is 69.9 Å². The van der Waals surface area contributed by atoms with E-state index in [1.165, 1.54) is 0 Å². The van der Waals surface area contributed by atoms with Gasteiger partial charge in [0.05, 0.1) is 6.10 Å². The Hall–Kier alpha value is -0.420. The smallest absolute Gasteiger partial charge is 0.112 e. The number of ether oxygens (including phenoxy) is 1. The van der Waals surface area contributed by atoms with Crippen LogP contribution in [0.2, 0.25) is 0 Å². The lowest BCUT2D eigenvalue weighted by molar-refractivity contribution is -0.215. The molecular weight excluding hydrogens is 220 g/mol. The molecule has 1 aliphatic rings. The van der Waals surface area contributed by atoms with Crippen molar-refractivity contribution in [2.45, 2.75) is 64.6 Å². The first-order valence-electron chi connectivity index (χ1n) is 6.09. The number of aliphatic hydroxyl groups excluding tert-OH is 3. The Bertz CT molecular complexity index is 269. The highest BCUT2D eigenvalue weighted by Crippen LogP contribution is 2.30. The van der Waals surface area contributed by atoms with Crippen molar-refractivity contribution >= 4 is 0 Å². The van der Waals surface area contributed by atoms with E-state index in [4.69, 9.17) is 4.74 Å². The lowest BCUT2D eigenvalue weighted by atomic mass is 9.83. The molecule has 0 radical (unpaired) electrons. The van der Waals surface area contributed by atoms with E-state index in [-0.39, 0.29) is 5.41 Å². The minimum Gasteiger partial charge on any atom is -0.388 e. The van der Waals surface area contributed by atoms with E-state index in [1.54, 1.807) is 12.2 Å². The highest BCUT2D eigenvalue weighted by Gasteiger charge is 2.43. The summed E-state index contributed by atoms with van der Waals surface area (Å²) in [5, 5.41) is 29.5. The van der Waals surface area contributed by atoms with Gasteiger partial charge in [0.15, 0.2) is 0 Å². The maximum absolute atomic E-state index is 9.90. The predicted molar refractivity (Wildman–Crippen MR) is 65.6 cm³/mol. The molecule has 4 heteroatoms. The van der Waals surface area contributed by atoms with Crippen LogP contribution in [0.3, 0.4) is 0 Å². The summed E-state index contributed by atoms with van der Waals surface area (Å²) in [4.78, 5) is 0. The molecule has 1 saturated heterocycles. The third kappa shape index (κ3) is 3.78. The zero-order valence-electron chi connectivity index (χ0n) is 11.0. The van der Waals surface area contributed by atoms with Gasteiger partial charge in [0.1, 0.15) is 24.4 Å². The summed E-state index contributed by atoms with van der Waals surface area (Å²) in [6.45, 7) is 7.97. The summed E-state index contributed by atoms with van der Waals surface area (Å²) in [7, 11) is 0. The first-order valence-corrected chi connectivity index (χ1v) is 6.09. The van der Waals surface area contributed by atoms with Gasteiger partial charge in [-0.25, -0.2) is 0 Å². The quantitative estimate of drug-likeness (QED) is 0.630. The molecule has 0 aromatic rings. The van der Waals surface area contributed by atoms with Gasteiger partial charge in [0.2, 0.25) is 0 Å². The average molecular weight is 244 g/mol. The lowest BCUT2D eigenvalue weighted by Gasteiger charge is -2.41. The molecule has 0 saturated carbocycles. The van der Waals surface area contributed by atoms with E-state index in [2.05, 4.69) is 0 Å². The summed E-state index contributed by atoms with van der Waals surface area (Å²) < 4.78 is 5.65. The Balaban J connectivity index is 2.78. The van der Waals surface area contributed by atoms with E-state index < -0.39 is 30.5 Å². The van der Waals surface area contributed by atoms with Gasteiger partial charge >= 0.3 is 0 Å². The highest BCUT2D eigenvalue weighted by molar-refractivity contribution is 5.01. The van der Waals surface area contributed by atoms with Gasteiger partial charge in [-0.1, -0.05) is 32.9 Å². The Morgan fingerprint density at radius 1 is 1.06 bits per heavy atom. The first kappa shape index (κ1) is 14.6. The molecule has 5 atom stereocenters. The van der Waals surface area contributed by atoms with Gasteiger partial charge in [-0.2, -0.15) is 0 Å². The molecule has 0 amide bonds. The summed E-state index contributed by atoms with van der Waals surface area (Å²) in [5.74, 6) is 0. The van der Waals surface area contributed by atoms with Crippen molar-refractivity contribution in [2.24, 2.45) is 5.41 Å². The minimum absolute atomic E-state index is 0.00582. The van der Waals surface area contributed by atoms with Crippen molar-refractivity contribution in [3.63, 3.8) is 0 Å². The fourth-order valence-electron chi connectivity index (χ4n) is 2.10. The summed E-state index contributed by atoms with van der Waals surface area (Å²) in [6, 6.07) is 0. The largest absolute Gasteiger partial charge is 0.388 e. The Morgan fingerprint density at radius 3 is 2.12 bits per heavy atom. The Morgan fingerprint density at radius 2 is 1.65 bits per heavy atom. The van der Waals surface area contributed by atoms with Crippen LogP contribution in [0.25, 0.3) is 0 Å². The van der Waals surface area contributed by atoms with Gasteiger partial charge in [-0.3, -0.25) is 0 Å². The average Bonchev–Trinajstić information content (AvgIpc) is 2.20. The predicted octanol–water partition coefficient (Wildman–Crippen LogP) is 0.849. The SMILES string of the molecule is CC=C[C@H]1O[C@@H](CC(C)(C)C)[C@@H](O)[C@@H](O)[C@@H]1O. The van der Waals surface area contributed by atoms with Crippen molar-refractivity contribution in [3.8, 4) is 0 Å². The van der Waals surface area contributed by atoms with Crippen LogP contribution in [-0.4, -0.2) is 45.8 Å². The second-order valence-electron chi connectivity index (χ2n) is 5.90. The molecule has 4 nitrogen and oxygen atoms in total. The molecule has 1 fully saturated rings. The molecule has 0 bridgehead atoms. The number of allylic oxidation sites excluding steroid dienone is 1. The van der Waals surface area contributed by atoms with Crippen LogP contribution in [0, 0.1) is 5.41 Å². The molecular formula is C13H24O4. The second kappa shape index (κ2) is 5.48. The first-order chi connectivity index (χ1) is 7.76. The Labute approximate surface area is 103 Å². The normalized spacial score (nSPS) is 39.8. The van der Waals surface area contributed by atoms with Crippen molar-refractivity contribution < 1.29 is 20.1 Å². The molecule has 0 unspecified atom stereocenters. The zero-order chi connectivity index (χ0) is 13.2. The fraction of sp³-hybridized carbons (Fsp3) is 0.846. The van der Waals surface area contributed by atoms with Gasteiger partial charge in [0.25, 0.3) is 0 Å². The number of aliphatic hydroxyl groups is 3. The molecule has 1 aliphatic heterocycles. The van der Waals surface area contributed by atoms with Gasteiger partial charge in [-0.15, -0.1) is 0 Å². The minimum atomic E-state index is -1.16. The maximum atomic E-state index is 9.90. The van der Waals surface area contributed by atoms with Crippen LogP contribution in [0.4, 0.5) is 0 Å². The van der Waals surface area contributed by atoms with Crippen LogP contribution in [-0.2, 0) is 4.74 Å². The molecule has 100 valence electrons. The third-order valence-electron chi connectivity index (χ3n) is 2.94. The third-order valence-corrected chi connectivity index (χ3v) is 2.94. The van der Waals surface area contributed by atoms with Crippen LogP contribution < -0.4 is 0 Å². The molecule has 17 heavy (non-hydrogen) atoms. The standard InChI is InChI=1S/C13H24O4/c1-5-6-8-10(14)12(16)11(15)9(17-8)7-13(2,3)4/h5-6,8-12,14-16H,7H2,1-4H3/t8-,9+,10-,11-,12+/m1/s1. The fourth-order valence-corrected chi connectivity index (χ4v) is 2.10. The van der Waals surface area contributed by atoms with Gasteiger partial charge in [-0.05, 0) is 18.8 Å². The van der Waals surface area contributed by atoms with Crippen molar-refractivity contribution in [3.05, 3.63) is 12.2 Å². The van der Waals surface area contributed by atoms with E-state index in [0.29, 0.717) is 6.42 Å². The molecule has 1 heterocycles. The van der Waals surface area contributed by atoms with Crippen LogP contribution in [0.5, 0.6) is 0 Å². The van der Waals surface area contributed by atoms with Crippen molar-refractivity contribution in [1.82, 2.24) is 0 Å². The number of hydrogen-bond donors (Lipinski definition) is 3. The molecule has 0 aromatic heterocycles. The van der Waals surface area contributed by atoms with Crippen LogP contribution in [0.1, 0.15) is 34.1 Å². The molecule has 0 spiro atoms. The van der Waals surface area contributed by atoms with Gasteiger partial charge in [0, 0.05) is 0 Å². The van der Waals surface area contributed by atoms with E-state index in [1.807, 2.05) is 27.7 Å². The summed E-state index contributed by atoms with van der Waals surface area (Å²) >= 11 is 0. The molecule has 0 aliphatic carbocycles. The van der Waals surface area contributed by atoms with Gasteiger partial charge < -0.3 is 20.1 Å². The van der Waals surface area contributed by atoms with Crippen LogP contribution in [0.15, 0.2) is 12.2 Å². The van der Waals surface area contributed by atoms with Crippen molar-refractivity contribution in [2.75, 3.05) is 0 Å². The summed E-state index contributed by atoms with van der Waals surface area (Å²) in [5.41, 5.74) is -0.00582. The Kier molecular flexibility index (Phi) is 4.72. The zero-order valence-corrected chi connectivity index (χ0v) is 11.0. The molecule has 3 N–H and O–H groups in total. The summed E-state index contributed by atoms with van der Waals surface area (Å²) in [6.07, 6.45) is -0.158. The monoisotopic (exact) mass is 244 g/mol.